The summed E-state index contributed by atoms with van der Waals surface area (Å²) in [5, 5.41) is 4.16. The minimum absolute atomic E-state index is 0.0189. The molecule has 0 unspecified atom stereocenters. The Labute approximate surface area is 172 Å². The van der Waals surface area contributed by atoms with Gasteiger partial charge in [-0.1, -0.05) is 17.3 Å². The Hall–Kier alpha value is -3.68. The lowest BCUT2D eigenvalue weighted by Crippen LogP contribution is -2.38. The van der Waals surface area contributed by atoms with Gasteiger partial charge in [0.15, 0.2) is 0 Å². The zero-order valence-corrected chi connectivity index (χ0v) is 16.5. The number of imidazole rings is 1. The van der Waals surface area contributed by atoms with Crippen LogP contribution in [0.25, 0.3) is 22.4 Å². The maximum Gasteiger partial charge on any atom is 0.231 e. The first-order valence-corrected chi connectivity index (χ1v) is 9.87. The van der Waals surface area contributed by atoms with Gasteiger partial charge < -0.3 is 19.1 Å². The van der Waals surface area contributed by atoms with Gasteiger partial charge in [0.2, 0.25) is 17.6 Å². The van der Waals surface area contributed by atoms with Crippen molar-refractivity contribution in [2.75, 3.05) is 13.7 Å². The predicted molar refractivity (Wildman–Crippen MR) is 110 cm³/mol. The van der Waals surface area contributed by atoms with E-state index in [0.29, 0.717) is 37.6 Å². The van der Waals surface area contributed by atoms with Crippen LogP contribution in [0.2, 0.25) is 0 Å². The highest BCUT2D eigenvalue weighted by Gasteiger charge is 2.30. The van der Waals surface area contributed by atoms with Gasteiger partial charge in [0.1, 0.15) is 5.75 Å². The van der Waals surface area contributed by atoms with Gasteiger partial charge in [-0.25, -0.2) is 4.98 Å². The fourth-order valence-corrected chi connectivity index (χ4v) is 3.85. The number of fused-ring (bicyclic) bond motifs is 1. The van der Waals surface area contributed by atoms with Crippen LogP contribution >= 0.6 is 0 Å². The van der Waals surface area contributed by atoms with Crippen LogP contribution in [0.15, 0.2) is 53.3 Å². The molecule has 1 aliphatic heterocycles. The van der Waals surface area contributed by atoms with E-state index in [2.05, 4.69) is 20.1 Å². The highest BCUT2D eigenvalue weighted by Crippen LogP contribution is 2.30. The van der Waals surface area contributed by atoms with Gasteiger partial charge in [-0.2, -0.15) is 4.98 Å². The summed E-state index contributed by atoms with van der Waals surface area (Å²) in [5.41, 5.74) is 3.71. The molecular weight excluding hydrogens is 382 g/mol. The van der Waals surface area contributed by atoms with E-state index in [1.165, 1.54) is 0 Å². The molecule has 0 spiro atoms. The molecule has 2 aromatic carbocycles. The van der Waals surface area contributed by atoms with E-state index >= 15 is 0 Å². The average molecular weight is 403 g/mol. The predicted octanol–water partition coefficient (Wildman–Crippen LogP) is 3.53. The molecule has 8 heteroatoms. The molecule has 0 radical (unpaired) electrons. The second-order valence-electron chi connectivity index (χ2n) is 7.45. The van der Waals surface area contributed by atoms with Crippen LogP contribution in [-0.2, 0) is 11.3 Å². The first kappa shape index (κ1) is 18.4. The van der Waals surface area contributed by atoms with Crippen molar-refractivity contribution in [3.05, 3.63) is 60.2 Å². The number of ether oxygens (including phenoxy) is 1. The number of amides is 1. The Morgan fingerprint density at radius 3 is 3.10 bits per heavy atom. The number of aromatic nitrogens is 4. The highest BCUT2D eigenvalue weighted by molar-refractivity contribution is 5.80. The molecule has 152 valence electrons. The summed E-state index contributed by atoms with van der Waals surface area (Å²) in [5.74, 6) is 2.05. The number of aromatic amines is 1. The van der Waals surface area contributed by atoms with Crippen molar-refractivity contribution in [3.8, 4) is 17.1 Å². The molecule has 1 N–H and O–H groups in total. The summed E-state index contributed by atoms with van der Waals surface area (Å²) in [6, 6.07) is 13.6. The van der Waals surface area contributed by atoms with Gasteiger partial charge in [-0.15, -0.1) is 0 Å². The molecule has 0 bridgehead atoms. The minimum atomic E-state index is 0.0189. The van der Waals surface area contributed by atoms with Gasteiger partial charge in [0.25, 0.3) is 0 Å². The van der Waals surface area contributed by atoms with Crippen LogP contribution in [0, 0.1) is 0 Å². The fraction of sp³-hybridized carbons (Fsp3) is 0.273. The standard InChI is InChI=1S/C22H21N5O3/c1-29-17-4-2-3-14(9-17)11-27-12-16(6-8-20(27)28)22-25-21(26-30-22)15-5-7-18-19(10-15)24-13-23-18/h2-5,7,9-10,13,16H,6,8,11-12H2,1H3,(H,23,24)/t16-/m0/s1. The lowest BCUT2D eigenvalue weighted by Gasteiger charge is -2.31. The summed E-state index contributed by atoms with van der Waals surface area (Å²) in [4.78, 5) is 26.3. The van der Waals surface area contributed by atoms with Crippen LogP contribution in [-0.4, -0.2) is 44.6 Å². The van der Waals surface area contributed by atoms with E-state index in [1.54, 1.807) is 13.4 Å². The Morgan fingerprint density at radius 2 is 2.20 bits per heavy atom. The van der Waals surface area contributed by atoms with Crippen molar-refractivity contribution in [3.63, 3.8) is 0 Å². The molecule has 4 aromatic rings. The van der Waals surface area contributed by atoms with Gasteiger partial charge in [0.05, 0.1) is 30.4 Å². The molecule has 0 saturated carbocycles. The van der Waals surface area contributed by atoms with E-state index in [4.69, 9.17) is 9.26 Å². The highest BCUT2D eigenvalue weighted by atomic mass is 16.5. The third-order valence-electron chi connectivity index (χ3n) is 5.48. The largest absolute Gasteiger partial charge is 0.497 e. The third-order valence-corrected chi connectivity index (χ3v) is 5.48. The molecule has 1 amide bonds. The number of piperidine rings is 1. The zero-order chi connectivity index (χ0) is 20.5. The van der Waals surface area contributed by atoms with Gasteiger partial charge in [-0.05, 0) is 42.3 Å². The van der Waals surface area contributed by atoms with Crippen molar-refractivity contribution in [2.45, 2.75) is 25.3 Å². The molecule has 1 aliphatic rings. The van der Waals surface area contributed by atoms with Crippen LogP contribution in [0.1, 0.15) is 30.2 Å². The molecule has 1 atom stereocenters. The SMILES string of the molecule is COc1cccc(CN2C[C@@H](c3nc(-c4ccc5nc[nH]c5c4)no3)CCC2=O)c1. The van der Waals surface area contributed by atoms with Gasteiger partial charge >= 0.3 is 0 Å². The molecule has 0 aliphatic carbocycles. The smallest absolute Gasteiger partial charge is 0.231 e. The lowest BCUT2D eigenvalue weighted by atomic mass is 9.97. The zero-order valence-electron chi connectivity index (χ0n) is 16.5. The Balaban J connectivity index is 1.33. The van der Waals surface area contributed by atoms with E-state index in [-0.39, 0.29) is 11.8 Å². The Kier molecular flexibility index (Phi) is 4.66. The lowest BCUT2D eigenvalue weighted by molar-refractivity contribution is -0.134. The molecule has 8 nitrogen and oxygen atoms in total. The first-order valence-electron chi connectivity index (χ1n) is 9.87. The van der Waals surface area contributed by atoms with Crippen molar-refractivity contribution in [1.29, 1.82) is 0 Å². The number of rotatable bonds is 5. The van der Waals surface area contributed by atoms with Crippen molar-refractivity contribution < 1.29 is 14.1 Å². The molecular formula is C22H21N5O3. The molecule has 1 fully saturated rings. The monoisotopic (exact) mass is 403 g/mol. The molecule has 3 heterocycles. The van der Waals surface area contributed by atoms with E-state index in [1.807, 2.05) is 47.4 Å². The van der Waals surface area contributed by atoms with Crippen molar-refractivity contribution >= 4 is 16.9 Å². The van der Waals surface area contributed by atoms with Crippen LogP contribution in [0.4, 0.5) is 0 Å². The molecule has 5 rings (SSSR count). The number of hydrogen-bond acceptors (Lipinski definition) is 6. The minimum Gasteiger partial charge on any atom is -0.497 e. The number of carbonyl (C=O) groups is 1. The summed E-state index contributed by atoms with van der Waals surface area (Å²) >= 11 is 0. The molecule has 2 aromatic heterocycles. The van der Waals surface area contributed by atoms with Crippen molar-refractivity contribution in [1.82, 2.24) is 25.0 Å². The first-order chi connectivity index (χ1) is 14.7. The van der Waals surface area contributed by atoms with Gasteiger partial charge in [-0.3, -0.25) is 4.79 Å². The van der Waals surface area contributed by atoms with Crippen LogP contribution < -0.4 is 4.74 Å². The third kappa shape index (κ3) is 3.52. The summed E-state index contributed by atoms with van der Waals surface area (Å²) in [7, 11) is 1.64. The quantitative estimate of drug-likeness (QED) is 0.548. The topological polar surface area (TPSA) is 97.1 Å². The summed E-state index contributed by atoms with van der Waals surface area (Å²) in [6.45, 7) is 1.08. The van der Waals surface area contributed by atoms with Crippen LogP contribution in [0.3, 0.4) is 0 Å². The second kappa shape index (κ2) is 7.62. The van der Waals surface area contributed by atoms with E-state index in [9.17, 15) is 4.79 Å². The summed E-state index contributed by atoms with van der Waals surface area (Å²) < 4.78 is 10.9. The number of methoxy groups -OCH3 is 1. The summed E-state index contributed by atoms with van der Waals surface area (Å²) in [6.07, 6.45) is 2.83. The van der Waals surface area contributed by atoms with Crippen LogP contribution in [0.5, 0.6) is 5.75 Å². The normalized spacial score (nSPS) is 16.9. The van der Waals surface area contributed by atoms with Crippen molar-refractivity contribution in [2.24, 2.45) is 0 Å². The Morgan fingerprint density at radius 1 is 1.27 bits per heavy atom. The number of likely N-dealkylation sites (tertiary alicyclic amines) is 1. The fourth-order valence-electron chi connectivity index (χ4n) is 3.85. The molecule has 30 heavy (non-hydrogen) atoms. The molecule has 1 saturated heterocycles. The number of benzene rings is 2. The van der Waals surface area contributed by atoms with E-state index in [0.717, 1.165) is 27.9 Å². The Bertz CT molecular complexity index is 1200. The maximum absolute atomic E-state index is 12.5. The number of hydrogen-bond donors (Lipinski definition) is 1. The van der Waals surface area contributed by atoms with E-state index < -0.39 is 0 Å². The second-order valence-corrected chi connectivity index (χ2v) is 7.45. The number of H-pyrrole nitrogens is 1. The number of carbonyl (C=O) groups excluding carboxylic acids is 1. The maximum atomic E-state index is 12.5. The number of nitrogens with one attached hydrogen (secondary N) is 1. The van der Waals surface area contributed by atoms with Gasteiger partial charge in [0, 0.05) is 25.1 Å². The average Bonchev–Trinajstić information content (AvgIpc) is 3.44. The number of nitrogens with zero attached hydrogens (tertiary/aromatic N) is 4.